The summed E-state index contributed by atoms with van der Waals surface area (Å²) in [6.45, 7) is 3.62. The van der Waals surface area contributed by atoms with E-state index in [1.54, 1.807) is 12.1 Å². The maximum absolute atomic E-state index is 13.0. The average molecular weight is 827 g/mol. The molecule has 2 saturated carbocycles. The van der Waals surface area contributed by atoms with Crippen LogP contribution in [0.15, 0.2) is 34.5 Å². The van der Waals surface area contributed by atoms with Crippen molar-refractivity contribution in [1.82, 2.24) is 9.80 Å². The minimum Gasteiger partial charge on any atom is -0.459 e. The smallest absolute Gasteiger partial charge is 0.338 e. The first-order valence-electron chi connectivity index (χ1n) is 20.4. The lowest BCUT2D eigenvalue weighted by Crippen LogP contribution is -2.55. The second kappa shape index (κ2) is 15.3. The number of carbonyl (C=O) groups is 4. The van der Waals surface area contributed by atoms with Gasteiger partial charge in [0.05, 0.1) is 17.5 Å². The number of hydrogen-bond acceptors (Lipinski definition) is 16. The monoisotopic (exact) mass is 826 g/mol. The first-order chi connectivity index (χ1) is 28.5. The molecule has 318 valence electrons. The van der Waals surface area contributed by atoms with E-state index in [9.17, 15) is 19.2 Å². The number of likely N-dealkylation sites (tertiary alicyclic amines) is 2. The lowest BCUT2D eigenvalue weighted by molar-refractivity contribution is -0.164. The predicted octanol–water partition coefficient (Wildman–Crippen LogP) is 4.97. The molecule has 7 aliphatic heterocycles. The van der Waals surface area contributed by atoms with E-state index in [4.69, 9.17) is 44.3 Å². The van der Waals surface area contributed by atoms with Crippen molar-refractivity contribution >= 4 is 23.9 Å². The maximum atomic E-state index is 13.0. The van der Waals surface area contributed by atoms with Gasteiger partial charge >= 0.3 is 23.9 Å². The van der Waals surface area contributed by atoms with E-state index in [2.05, 4.69) is 40.0 Å². The van der Waals surface area contributed by atoms with E-state index < -0.39 is 48.0 Å². The molecule has 2 aromatic carbocycles. The number of esters is 4. The largest absolute Gasteiger partial charge is 0.459 e. The molecule has 2 aliphatic carbocycles. The van der Waals surface area contributed by atoms with E-state index in [0.717, 1.165) is 43.5 Å². The molecule has 60 heavy (non-hydrogen) atoms. The first-order valence-corrected chi connectivity index (χ1v) is 20.4. The summed E-state index contributed by atoms with van der Waals surface area (Å²) in [5.41, 5.74) is 2.06. The molecule has 10 atom stereocenters. The summed E-state index contributed by atoms with van der Waals surface area (Å²) in [5.74, 6) is 3.98. The van der Waals surface area contributed by atoms with Crippen molar-refractivity contribution in [1.29, 1.82) is 0 Å². The number of rotatable bonds is 6. The molecule has 0 N–H and O–H groups in total. The summed E-state index contributed by atoms with van der Waals surface area (Å²) in [6.07, 6.45) is 7.89. The van der Waals surface area contributed by atoms with Gasteiger partial charge in [0, 0.05) is 43.7 Å². The molecule has 0 bridgehead atoms. The maximum Gasteiger partial charge on any atom is 0.338 e. The van der Waals surface area contributed by atoms with E-state index in [-0.39, 0.29) is 57.3 Å². The van der Waals surface area contributed by atoms with Gasteiger partial charge in [-0.25, -0.2) is 9.59 Å². The molecule has 0 radical (unpaired) electrons. The standard InChI is InChI=1S/C24H25N3O6.C19H21NO6.CH4/c1-3-4-6-24(25-26-24)11-19(28)32-18-8-13-5-7-27(2)21(13)20-14-9-16-17(31-12-30-16)10-15(14)23(29)33-22(18)20;1-9(21)25-15-5-10-3-4-20(2)17(10)16-11-6-13-14(24-8-23-13)7-12(11)19(22)26-18(15)16;/h1,9-10,13,18,20-22H,4-8,11-12H2,2H3;6-7,10,15-18H,3-5,8H2,1-2H3;1H4/t13-,18+,20+,21-,22-;10-,15+,16+,17-,18-;/m11./s1. The minimum absolute atomic E-state index is 0. The number of terminal acetylenes is 1. The van der Waals surface area contributed by atoms with Crippen molar-refractivity contribution in [2.75, 3.05) is 40.8 Å². The van der Waals surface area contributed by atoms with Crippen molar-refractivity contribution in [3.8, 4) is 35.3 Å². The molecule has 4 fully saturated rings. The third-order valence-corrected chi connectivity index (χ3v) is 13.7. The van der Waals surface area contributed by atoms with Crippen LogP contribution in [-0.4, -0.2) is 117 Å². The minimum atomic E-state index is -0.749. The highest BCUT2D eigenvalue weighted by Crippen LogP contribution is 2.53. The van der Waals surface area contributed by atoms with Crippen LogP contribution in [0, 0.1) is 24.2 Å². The molecule has 2 aromatic rings. The van der Waals surface area contributed by atoms with Crippen LogP contribution in [0.4, 0.5) is 0 Å². The second-order valence-corrected chi connectivity index (χ2v) is 17.1. The number of ether oxygens (including phenoxy) is 8. The molecule has 7 heterocycles. The average Bonchev–Trinajstić information content (AvgIpc) is 3.62. The van der Waals surface area contributed by atoms with E-state index in [0.29, 0.717) is 65.2 Å². The van der Waals surface area contributed by atoms with Crippen molar-refractivity contribution in [2.24, 2.45) is 22.1 Å². The number of likely N-dealkylation sites (N-methyl/N-ethyl adjacent to an activating group) is 2. The van der Waals surface area contributed by atoms with Crippen LogP contribution in [0.3, 0.4) is 0 Å². The molecule has 0 amide bonds. The fraction of sp³-hybridized carbons (Fsp3) is 0.591. The Morgan fingerprint density at radius 1 is 0.783 bits per heavy atom. The Balaban J connectivity index is 0.000000156. The molecule has 16 nitrogen and oxygen atoms in total. The topological polar surface area (TPSA) is 173 Å². The predicted molar refractivity (Wildman–Crippen MR) is 210 cm³/mol. The summed E-state index contributed by atoms with van der Waals surface area (Å²) in [6, 6.07) is 7.68. The second-order valence-electron chi connectivity index (χ2n) is 17.1. The highest BCUT2D eigenvalue weighted by Gasteiger charge is 2.57. The molecule has 2 saturated heterocycles. The number of benzene rings is 2. The first kappa shape index (κ1) is 40.0. The normalized spacial score (nSPS) is 32.7. The zero-order valence-corrected chi connectivity index (χ0v) is 33.1. The van der Waals surface area contributed by atoms with E-state index in [1.165, 1.54) is 6.92 Å². The molecular formula is C44H50N4O12. The van der Waals surface area contributed by atoms with Crippen LogP contribution in [0.25, 0.3) is 0 Å². The third kappa shape index (κ3) is 6.79. The fourth-order valence-electron chi connectivity index (χ4n) is 11.2. The van der Waals surface area contributed by atoms with E-state index in [1.807, 2.05) is 12.1 Å². The van der Waals surface area contributed by atoms with Gasteiger partial charge in [-0.15, -0.1) is 12.3 Å². The Morgan fingerprint density at radius 3 is 1.70 bits per heavy atom. The SMILES string of the molecule is C.C#CCCC1(CC(=O)O[C@H]2C[C@H]3CCN(C)[C@H]3[C@@H]3c4cc5c(cc4C(=O)O[C@@H]32)OCO5)N=N1.CC(=O)O[C@H]1C[C@H]2CCN(C)[C@H]2[C@@H]2c3cc4c(cc3C(=O)O[C@@H]21)OCO4. The van der Waals surface area contributed by atoms with Crippen LogP contribution < -0.4 is 18.9 Å². The summed E-state index contributed by atoms with van der Waals surface area (Å²) >= 11 is 0. The number of hydrogen-bond donors (Lipinski definition) is 0. The quantitative estimate of drug-likeness (QED) is 0.217. The number of fused-ring (bicyclic) bond motifs is 12. The van der Waals surface area contributed by atoms with Gasteiger partial charge in [-0.3, -0.25) is 9.59 Å². The highest BCUT2D eigenvalue weighted by molar-refractivity contribution is 5.95. The Kier molecular flexibility index (Phi) is 10.2. The summed E-state index contributed by atoms with van der Waals surface area (Å²) in [4.78, 5) is 54.8. The highest BCUT2D eigenvalue weighted by atomic mass is 16.7. The van der Waals surface area contributed by atoms with Gasteiger partial charge in [0.1, 0.15) is 24.4 Å². The summed E-state index contributed by atoms with van der Waals surface area (Å²) < 4.78 is 45.3. The molecular weight excluding hydrogens is 776 g/mol. The van der Waals surface area contributed by atoms with Crippen LogP contribution in [0.5, 0.6) is 23.0 Å². The van der Waals surface area contributed by atoms with Crippen LogP contribution in [0.1, 0.15) is 103 Å². The lowest BCUT2D eigenvalue weighted by Gasteiger charge is -2.48. The lowest BCUT2D eigenvalue weighted by atomic mass is 9.69. The van der Waals surface area contributed by atoms with Crippen LogP contribution >= 0.6 is 0 Å². The van der Waals surface area contributed by atoms with Gasteiger partial charge in [0.2, 0.25) is 19.2 Å². The van der Waals surface area contributed by atoms with Gasteiger partial charge < -0.3 is 47.7 Å². The fourth-order valence-corrected chi connectivity index (χ4v) is 11.2. The zero-order chi connectivity index (χ0) is 40.7. The number of nitrogens with zero attached hydrogens (tertiary/aromatic N) is 4. The summed E-state index contributed by atoms with van der Waals surface area (Å²) in [7, 11) is 4.21. The zero-order valence-electron chi connectivity index (χ0n) is 33.1. The molecule has 0 aromatic heterocycles. The molecule has 9 aliphatic rings. The van der Waals surface area contributed by atoms with Crippen molar-refractivity contribution in [3.63, 3.8) is 0 Å². The Morgan fingerprint density at radius 2 is 1.25 bits per heavy atom. The van der Waals surface area contributed by atoms with Gasteiger partial charge in [0.15, 0.2) is 23.0 Å². The molecule has 0 spiro atoms. The van der Waals surface area contributed by atoms with Gasteiger partial charge in [-0.2, -0.15) is 10.2 Å². The van der Waals surface area contributed by atoms with Crippen molar-refractivity contribution in [3.05, 3.63) is 46.5 Å². The molecule has 11 rings (SSSR count). The van der Waals surface area contributed by atoms with Gasteiger partial charge in [-0.1, -0.05) is 7.43 Å². The van der Waals surface area contributed by atoms with Crippen LogP contribution in [-0.2, 0) is 28.5 Å². The Labute approximate surface area is 348 Å². The number of carbonyl (C=O) groups excluding carboxylic acids is 4. The molecule has 0 unspecified atom stereocenters. The van der Waals surface area contributed by atoms with E-state index >= 15 is 0 Å². The Bertz CT molecular complexity index is 2180. The third-order valence-electron chi connectivity index (χ3n) is 13.7. The van der Waals surface area contributed by atoms with Gasteiger partial charge in [0.25, 0.3) is 0 Å². The van der Waals surface area contributed by atoms with Crippen LogP contribution in [0.2, 0.25) is 0 Å². The molecule has 16 heteroatoms. The summed E-state index contributed by atoms with van der Waals surface area (Å²) in [5, 5.41) is 8.07. The Hall–Kier alpha value is -5.40. The van der Waals surface area contributed by atoms with Crippen molar-refractivity contribution in [2.45, 2.75) is 113 Å². The van der Waals surface area contributed by atoms with Gasteiger partial charge in [-0.05, 0) is 100 Å². The van der Waals surface area contributed by atoms with Crippen molar-refractivity contribution < 1.29 is 57.1 Å².